The largest absolute Gasteiger partial charge is 0.493 e. The first-order valence-corrected chi connectivity index (χ1v) is 9.88. The number of hydrogen-bond acceptors (Lipinski definition) is 6. The Balaban J connectivity index is 1.92. The van der Waals surface area contributed by atoms with E-state index >= 15 is 0 Å². The number of rotatable bonds is 7. The average Bonchev–Trinajstić information content (AvgIpc) is 3.14. The number of nitrogens with one attached hydrogen (secondary N) is 2. The van der Waals surface area contributed by atoms with Crippen LogP contribution in [0.5, 0.6) is 17.2 Å². The van der Waals surface area contributed by atoms with Crippen molar-refractivity contribution in [3.8, 4) is 28.5 Å². The molecule has 0 saturated carbocycles. The van der Waals surface area contributed by atoms with E-state index in [4.69, 9.17) is 25.8 Å². The highest BCUT2D eigenvalue weighted by Gasteiger charge is 2.18. The Hall–Kier alpha value is -2.91. The van der Waals surface area contributed by atoms with Gasteiger partial charge < -0.3 is 14.2 Å². The number of hydrogen-bond donors (Lipinski definition) is 2. The van der Waals surface area contributed by atoms with Gasteiger partial charge in [-0.3, -0.25) is 9.82 Å². The first kappa shape index (κ1) is 19.8. The van der Waals surface area contributed by atoms with Crippen LogP contribution < -0.4 is 18.9 Å². The normalized spacial score (nSPS) is 11.1. The summed E-state index contributed by atoms with van der Waals surface area (Å²) < 4.78 is 43.4. The lowest BCUT2D eigenvalue weighted by molar-refractivity contribution is 0.324. The van der Waals surface area contributed by atoms with Crippen LogP contribution in [0.4, 0.5) is 5.82 Å². The molecule has 8 nitrogen and oxygen atoms in total. The summed E-state index contributed by atoms with van der Waals surface area (Å²) >= 11 is 5.87. The van der Waals surface area contributed by atoms with Crippen molar-refractivity contribution in [1.29, 1.82) is 0 Å². The van der Waals surface area contributed by atoms with Gasteiger partial charge in [-0.25, -0.2) is 8.42 Å². The van der Waals surface area contributed by atoms with Gasteiger partial charge in [0.2, 0.25) is 5.75 Å². The first-order chi connectivity index (χ1) is 13.4. The molecule has 10 heteroatoms. The van der Waals surface area contributed by atoms with Gasteiger partial charge in [-0.15, -0.1) is 0 Å². The minimum atomic E-state index is -3.83. The summed E-state index contributed by atoms with van der Waals surface area (Å²) in [6.45, 7) is 0. The highest BCUT2D eigenvalue weighted by Crippen LogP contribution is 2.41. The number of methoxy groups -OCH3 is 3. The van der Waals surface area contributed by atoms with Crippen molar-refractivity contribution in [3.63, 3.8) is 0 Å². The van der Waals surface area contributed by atoms with Crippen LogP contribution >= 0.6 is 11.6 Å². The van der Waals surface area contributed by atoms with Crippen molar-refractivity contribution < 1.29 is 22.6 Å². The van der Waals surface area contributed by atoms with Crippen molar-refractivity contribution >= 4 is 27.4 Å². The topological polar surface area (TPSA) is 103 Å². The van der Waals surface area contributed by atoms with Crippen LogP contribution in [0.2, 0.25) is 5.02 Å². The number of aromatic amines is 1. The van der Waals surface area contributed by atoms with Gasteiger partial charge in [0.15, 0.2) is 17.3 Å². The number of anilines is 1. The maximum absolute atomic E-state index is 12.5. The van der Waals surface area contributed by atoms with E-state index in [-0.39, 0.29) is 10.7 Å². The molecule has 1 heterocycles. The summed E-state index contributed by atoms with van der Waals surface area (Å²) in [5.41, 5.74) is 1.23. The van der Waals surface area contributed by atoms with Crippen LogP contribution in [0.3, 0.4) is 0 Å². The molecule has 0 fully saturated rings. The third-order valence-corrected chi connectivity index (χ3v) is 5.49. The monoisotopic (exact) mass is 423 g/mol. The molecule has 0 spiro atoms. The van der Waals surface area contributed by atoms with Gasteiger partial charge in [-0.2, -0.15) is 5.10 Å². The number of H-pyrrole nitrogens is 1. The van der Waals surface area contributed by atoms with Crippen molar-refractivity contribution in [3.05, 3.63) is 47.5 Å². The standard InChI is InChI=1S/C18H18ClN3O5S/c1-25-15-7-11(8-16(26-2)18(15)27-3)14-10-17(21-20-14)22-28(23,24)13-6-4-5-12(19)9-13/h4-10H,1-3H3,(H2,20,21,22). The molecular formula is C18H18ClN3O5S. The van der Waals surface area contributed by atoms with Crippen molar-refractivity contribution in [2.45, 2.75) is 4.90 Å². The van der Waals surface area contributed by atoms with Crippen molar-refractivity contribution in [2.24, 2.45) is 0 Å². The molecule has 2 N–H and O–H groups in total. The minimum absolute atomic E-state index is 0.0392. The van der Waals surface area contributed by atoms with Crippen LogP contribution in [-0.2, 0) is 10.0 Å². The number of nitrogens with zero attached hydrogens (tertiary/aromatic N) is 1. The van der Waals surface area contributed by atoms with E-state index in [9.17, 15) is 8.42 Å². The highest BCUT2D eigenvalue weighted by molar-refractivity contribution is 7.92. The molecule has 0 aliphatic heterocycles. The van der Waals surface area contributed by atoms with Crippen LogP contribution in [0, 0.1) is 0 Å². The second-order valence-corrected chi connectivity index (χ2v) is 7.76. The Labute approximate surface area is 167 Å². The molecule has 28 heavy (non-hydrogen) atoms. The van der Waals surface area contributed by atoms with Crippen molar-refractivity contribution in [1.82, 2.24) is 10.2 Å². The number of benzene rings is 2. The van der Waals surface area contributed by atoms with Crippen LogP contribution in [-0.4, -0.2) is 39.9 Å². The molecule has 1 aromatic heterocycles. The fourth-order valence-corrected chi connectivity index (χ4v) is 3.88. The van der Waals surface area contributed by atoms with E-state index in [2.05, 4.69) is 14.9 Å². The zero-order valence-corrected chi connectivity index (χ0v) is 16.9. The number of aromatic nitrogens is 2. The maximum Gasteiger partial charge on any atom is 0.263 e. The van der Waals surface area contributed by atoms with Gasteiger partial charge in [0.05, 0.1) is 31.9 Å². The van der Waals surface area contributed by atoms with Gasteiger partial charge in [0, 0.05) is 16.7 Å². The van der Waals surface area contributed by atoms with Crippen LogP contribution in [0.15, 0.2) is 47.4 Å². The summed E-state index contributed by atoms with van der Waals surface area (Å²) in [4.78, 5) is 0.0392. The average molecular weight is 424 g/mol. The van der Waals surface area contributed by atoms with Gasteiger partial charge in [0.1, 0.15) is 0 Å². The second-order valence-electron chi connectivity index (χ2n) is 5.64. The SMILES string of the molecule is COc1cc(-c2cc(NS(=O)(=O)c3cccc(Cl)c3)n[nH]2)cc(OC)c1OC. The summed E-state index contributed by atoms with van der Waals surface area (Å²) in [7, 11) is 0.710. The molecule has 2 aromatic carbocycles. The molecule has 0 aliphatic rings. The van der Waals surface area contributed by atoms with Crippen LogP contribution in [0.1, 0.15) is 0 Å². The molecule has 0 saturated heterocycles. The fraction of sp³-hybridized carbons (Fsp3) is 0.167. The van der Waals surface area contributed by atoms with E-state index in [0.29, 0.717) is 33.5 Å². The summed E-state index contributed by atoms with van der Waals surface area (Å²) in [5, 5.41) is 7.13. The third-order valence-electron chi connectivity index (χ3n) is 3.90. The number of ether oxygens (including phenoxy) is 3. The zero-order chi connectivity index (χ0) is 20.3. The molecule has 0 bridgehead atoms. The van der Waals surface area contributed by atoms with E-state index < -0.39 is 10.0 Å². The first-order valence-electron chi connectivity index (χ1n) is 8.02. The molecule has 3 aromatic rings. The molecule has 0 atom stereocenters. The molecule has 0 unspecified atom stereocenters. The summed E-state index contributed by atoms with van der Waals surface area (Å²) in [5.74, 6) is 1.51. The number of sulfonamides is 1. The second kappa shape index (κ2) is 7.99. The number of halogens is 1. The van der Waals surface area contributed by atoms with E-state index in [0.717, 1.165) is 0 Å². The van der Waals surface area contributed by atoms with Gasteiger partial charge in [-0.1, -0.05) is 17.7 Å². The lowest BCUT2D eigenvalue weighted by Gasteiger charge is -2.13. The summed E-state index contributed by atoms with van der Waals surface area (Å²) in [6, 6.07) is 11.0. The van der Waals surface area contributed by atoms with Gasteiger partial charge in [0.25, 0.3) is 10.0 Å². The van der Waals surface area contributed by atoms with Gasteiger partial charge >= 0.3 is 0 Å². The Morgan fingerprint density at radius 2 is 1.68 bits per heavy atom. The quantitative estimate of drug-likeness (QED) is 0.602. The van der Waals surface area contributed by atoms with E-state index in [1.165, 1.54) is 33.5 Å². The zero-order valence-electron chi connectivity index (χ0n) is 15.3. The Morgan fingerprint density at radius 3 is 2.25 bits per heavy atom. The van der Waals surface area contributed by atoms with E-state index in [1.807, 2.05) is 0 Å². The molecule has 0 aliphatic carbocycles. The third kappa shape index (κ3) is 4.00. The maximum atomic E-state index is 12.5. The van der Waals surface area contributed by atoms with Crippen molar-refractivity contribution in [2.75, 3.05) is 26.1 Å². The highest BCUT2D eigenvalue weighted by atomic mass is 35.5. The Bertz CT molecular complexity index is 1070. The molecular weight excluding hydrogens is 406 g/mol. The Kier molecular flexibility index (Phi) is 5.66. The van der Waals surface area contributed by atoms with Gasteiger partial charge in [-0.05, 0) is 30.3 Å². The van der Waals surface area contributed by atoms with E-state index in [1.54, 1.807) is 30.3 Å². The lowest BCUT2D eigenvalue weighted by Crippen LogP contribution is -2.13. The molecule has 0 amide bonds. The fourth-order valence-electron chi connectivity index (χ4n) is 2.59. The molecule has 0 radical (unpaired) electrons. The molecule has 3 rings (SSSR count). The lowest BCUT2D eigenvalue weighted by atomic mass is 10.1. The predicted molar refractivity (Wildman–Crippen MR) is 106 cm³/mol. The predicted octanol–water partition coefficient (Wildman–Crippen LogP) is 3.56. The molecule has 148 valence electrons. The van der Waals surface area contributed by atoms with Crippen LogP contribution in [0.25, 0.3) is 11.3 Å². The smallest absolute Gasteiger partial charge is 0.263 e. The Morgan fingerprint density at radius 1 is 1.00 bits per heavy atom. The minimum Gasteiger partial charge on any atom is -0.493 e. The summed E-state index contributed by atoms with van der Waals surface area (Å²) in [6.07, 6.45) is 0.